The largest absolute Gasteiger partial charge is 0.373 e. The highest BCUT2D eigenvalue weighted by molar-refractivity contribution is 7.80. The monoisotopic (exact) mass is 231 g/mol. The maximum atomic E-state index is 5.71. The molecule has 0 aromatic rings. The maximum absolute atomic E-state index is 5.71. The van der Waals surface area contributed by atoms with Crippen LogP contribution in [0.4, 0.5) is 0 Å². The Hall–Kier alpha value is 0.270. The highest BCUT2D eigenvalue weighted by Crippen LogP contribution is 2.20. The lowest BCUT2D eigenvalue weighted by molar-refractivity contribution is -0.0894. The van der Waals surface area contributed by atoms with Crippen molar-refractivity contribution in [2.45, 2.75) is 33.3 Å². The molecule has 1 saturated heterocycles. The molecule has 0 saturated carbocycles. The smallest absolute Gasteiger partial charge is 0.0753 e. The van der Waals surface area contributed by atoms with E-state index in [2.05, 4.69) is 45.2 Å². The molecule has 0 radical (unpaired) electrons. The highest BCUT2D eigenvalue weighted by Gasteiger charge is 2.28. The molecule has 0 N–H and O–H groups in total. The summed E-state index contributed by atoms with van der Waals surface area (Å²) in [5, 5.41) is 0. The lowest BCUT2D eigenvalue weighted by atomic mass is 9.96. The van der Waals surface area contributed by atoms with Crippen LogP contribution in [0.2, 0.25) is 0 Å². The molecule has 0 aromatic carbocycles. The molecule has 1 aliphatic heterocycles. The van der Waals surface area contributed by atoms with Gasteiger partial charge in [0.1, 0.15) is 0 Å². The topological polar surface area (TPSA) is 12.5 Å². The summed E-state index contributed by atoms with van der Waals surface area (Å²) in [6, 6.07) is 0. The summed E-state index contributed by atoms with van der Waals surface area (Å²) in [6.07, 6.45) is 0. The van der Waals surface area contributed by atoms with Crippen molar-refractivity contribution < 1.29 is 4.74 Å². The molecule has 1 heterocycles. The van der Waals surface area contributed by atoms with E-state index in [9.17, 15) is 0 Å². The van der Waals surface area contributed by atoms with Crippen LogP contribution in [0.25, 0.3) is 0 Å². The van der Waals surface area contributed by atoms with Crippen molar-refractivity contribution >= 4 is 12.6 Å². The summed E-state index contributed by atoms with van der Waals surface area (Å²) in [6.45, 7) is 13.1. The fourth-order valence-corrected chi connectivity index (χ4v) is 2.62. The van der Waals surface area contributed by atoms with Crippen LogP contribution in [0.5, 0.6) is 0 Å². The second-order valence-corrected chi connectivity index (χ2v) is 5.90. The molecule has 1 fully saturated rings. The van der Waals surface area contributed by atoms with Gasteiger partial charge in [0.2, 0.25) is 0 Å². The fourth-order valence-electron chi connectivity index (χ4n) is 2.08. The average Bonchev–Trinajstić information content (AvgIpc) is 2.12. The molecule has 0 spiro atoms. The van der Waals surface area contributed by atoms with Crippen molar-refractivity contribution in [3.8, 4) is 0 Å². The zero-order chi connectivity index (χ0) is 11.5. The molecule has 0 bridgehead atoms. The van der Waals surface area contributed by atoms with Gasteiger partial charge in [-0.3, -0.25) is 4.90 Å². The zero-order valence-electron chi connectivity index (χ0n) is 10.5. The van der Waals surface area contributed by atoms with E-state index in [-0.39, 0.29) is 5.60 Å². The van der Waals surface area contributed by atoms with Gasteiger partial charge in [-0.1, -0.05) is 13.8 Å². The highest BCUT2D eigenvalue weighted by atomic mass is 32.1. The molecular formula is C12H25NOS. The minimum atomic E-state index is 0.0242. The van der Waals surface area contributed by atoms with Crippen LogP contribution in [0.1, 0.15) is 27.7 Å². The van der Waals surface area contributed by atoms with Crippen LogP contribution in [0.15, 0.2) is 0 Å². The Balaban J connectivity index is 2.43. The second kappa shape index (κ2) is 5.55. The van der Waals surface area contributed by atoms with Crippen molar-refractivity contribution in [3.05, 3.63) is 0 Å². The molecule has 15 heavy (non-hydrogen) atoms. The van der Waals surface area contributed by atoms with E-state index in [1.807, 2.05) is 0 Å². The SMILES string of the molecule is CC(C)C(CS)CN1CCOC(C)(C)C1. The Kier molecular flexibility index (Phi) is 4.94. The van der Waals surface area contributed by atoms with Gasteiger partial charge < -0.3 is 4.74 Å². The van der Waals surface area contributed by atoms with E-state index < -0.39 is 0 Å². The molecule has 1 unspecified atom stereocenters. The van der Waals surface area contributed by atoms with Crippen molar-refractivity contribution in [2.24, 2.45) is 11.8 Å². The van der Waals surface area contributed by atoms with E-state index in [1.165, 1.54) is 0 Å². The molecular weight excluding hydrogens is 206 g/mol. The average molecular weight is 231 g/mol. The first-order valence-electron chi connectivity index (χ1n) is 5.92. The van der Waals surface area contributed by atoms with Gasteiger partial charge in [0.05, 0.1) is 12.2 Å². The number of ether oxygens (including phenoxy) is 1. The van der Waals surface area contributed by atoms with Gasteiger partial charge in [-0.2, -0.15) is 12.6 Å². The number of morpholine rings is 1. The van der Waals surface area contributed by atoms with Crippen LogP contribution in [0, 0.1) is 11.8 Å². The van der Waals surface area contributed by atoms with Gasteiger partial charge in [0, 0.05) is 19.6 Å². The molecule has 0 amide bonds. The standard InChI is InChI=1S/C12H25NOS/c1-10(2)11(8-15)7-13-5-6-14-12(3,4)9-13/h10-11,15H,5-9H2,1-4H3. The van der Waals surface area contributed by atoms with E-state index in [0.29, 0.717) is 11.8 Å². The van der Waals surface area contributed by atoms with Gasteiger partial charge in [0.15, 0.2) is 0 Å². The van der Waals surface area contributed by atoms with Crippen LogP contribution in [0.3, 0.4) is 0 Å². The third kappa shape index (κ3) is 4.33. The molecule has 1 aliphatic rings. The molecule has 1 rings (SSSR count). The van der Waals surface area contributed by atoms with Crippen LogP contribution >= 0.6 is 12.6 Å². The number of rotatable bonds is 4. The third-order valence-corrected chi connectivity index (χ3v) is 3.64. The van der Waals surface area contributed by atoms with Crippen LogP contribution in [-0.2, 0) is 4.74 Å². The predicted molar refractivity (Wildman–Crippen MR) is 68.7 cm³/mol. The summed E-state index contributed by atoms with van der Waals surface area (Å²) in [5.41, 5.74) is 0.0242. The predicted octanol–water partition coefficient (Wildman–Crippen LogP) is 2.30. The summed E-state index contributed by atoms with van der Waals surface area (Å²) in [5.74, 6) is 2.39. The first kappa shape index (κ1) is 13.3. The zero-order valence-corrected chi connectivity index (χ0v) is 11.4. The first-order valence-corrected chi connectivity index (χ1v) is 6.55. The Morgan fingerprint density at radius 1 is 1.40 bits per heavy atom. The minimum absolute atomic E-state index is 0.0242. The number of hydrogen-bond donors (Lipinski definition) is 1. The molecule has 90 valence electrons. The summed E-state index contributed by atoms with van der Waals surface area (Å²) >= 11 is 4.44. The second-order valence-electron chi connectivity index (χ2n) is 5.53. The molecule has 1 atom stereocenters. The van der Waals surface area contributed by atoms with E-state index in [4.69, 9.17) is 4.74 Å². The minimum Gasteiger partial charge on any atom is -0.373 e. The Bertz CT molecular complexity index is 194. The van der Waals surface area contributed by atoms with Crippen LogP contribution < -0.4 is 0 Å². The summed E-state index contributed by atoms with van der Waals surface area (Å²) in [4.78, 5) is 2.52. The third-order valence-electron chi connectivity index (χ3n) is 3.17. The van der Waals surface area contributed by atoms with Crippen molar-refractivity contribution in [1.29, 1.82) is 0 Å². The first-order chi connectivity index (χ1) is 6.94. The summed E-state index contributed by atoms with van der Waals surface area (Å²) < 4.78 is 5.71. The number of hydrogen-bond acceptors (Lipinski definition) is 3. The molecule has 0 aliphatic carbocycles. The van der Waals surface area contributed by atoms with Gasteiger partial charge in [-0.05, 0) is 31.4 Å². The van der Waals surface area contributed by atoms with Crippen LogP contribution in [-0.4, -0.2) is 42.5 Å². The lowest BCUT2D eigenvalue weighted by Gasteiger charge is -2.40. The van der Waals surface area contributed by atoms with E-state index in [0.717, 1.165) is 32.0 Å². The van der Waals surface area contributed by atoms with Gasteiger partial charge in [-0.25, -0.2) is 0 Å². The maximum Gasteiger partial charge on any atom is 0.0753 e. The normalized spacial score (nSPS) is 24.4. The Labute approximate surface area is 99.8 Å². The lowest BCUT2D eigenvalue weighted by Crippen LogP contribution is -2.50. The number of thiol groups is 1. The van der Waals surface area contributed by atoms with Gasteiger partial charge >= 0.3 is 0 Å². The number of nitrogens with zero attached hydrogens (tertiary/aromatic N) is 1. The fraction of sp³-hybridized carbons (Fsp3) is 1.00. The van der Waals surface area contributed by atoms with Crippen molar-refractivity contribution in [3.63, 3.8) is 0 Å². The Morgan fingerprint density at radius 2 is 2.07 bits per heavy atom. The van der Waals surface area contributed by atoms with E-state index >= 15 is 0 Å². The molecule has 0 aromatic heterocycles. The summed E-state index contributed by atoms with van der Waals surface area (Å²) in [7, 11) is 0. The molecule has 3 heteroatoms. The Morgan fingerprint density at radius 3 is 2.53 bits per heavy atom. The molecule has 2 nitrogen and oxygen atoms in total. The van der Waals surface area contributed by atoms with Gasteiger partial charge in [0.25, 0.3) is 0 Å². The van der Waals surface area contributed by atoms with Crippen molar-refractivity contribution in [2.75, 3.05) is 32.0 Å². The van der Waals surface area contributed by atoms with Crippen molar-refractivity contribution in [1.82, 2.24) is 4.90 Å². The van der Waals surface area contributed by atoms with Gasteiger partial charge in [-0.15, -0.1) is 0 Å². The quantitative estimate of drug-likeness (QED) is 0.745. The van der Waals surface area contributed by atoms with E-state index in [1.54, 1.807) is 0 Å².